The zero-order valence-corrected chi connectivity index (χ0v) is 11.9. The van der Waals surface area contributed by atoms with Crippen LogP contribution >= 0.6 is 11.6 Å². The number of ether oxygens (including phenoxy) is 1. The molecule has 3 aromatic rings. The van der Waals surface area contributed by atoms with E-state index in [2.05, 4.69) is 15.3 Å². The summed E-state index contributed by atoms with van der Waals surface area (Å²) in [5.41, 5.74) is 1.62. The largest absolute Gasteiger partial charge is 0.468 e. The first-order valence-corrected chi connectivity index (χ1v) is 6.59. The monoisotopic (exact) mass is 305 g/mol. The summed E-state index contributed by atoms with van der Waals surface area (Å²) >= 11 is 5.91. The second kappa shape index (κ2) is 5.49. The highest BCUT2D eigenvalue weighted by molar-refractivity contribution is 6.31. The summed E-state index contributed by atoms with van der Waals surface area (Å²) < 4.78 is 10.1. The lowest BCUT2D eigenvalue weighted by Crippen LogP contribution is -2.22. The van der Waals surface area contributed by atoms with Crippen LogP contribution in [0.3, 0.4) is 0 Å². The van der Waals surface area contributed by atoms with E-state index in [1.165, 1.54) is 7.11 Å². The van der Waals surface area contributed by atoms with E-state index in [0.29, 0.717) is 16.8 Å². The molecular weight excluding hydrogens is 294 g/mol. The van der Waals surface area contributed by atoms with Crippen LogP contribution in [0.5, 0.6) is 5.95 Å². The molecule has 0 radical (unpaired) electrons. The number of rotatable bonds is 4. The number of carbonyl (C=O) groups excluding carboxylic acids is 1. The summed E-state index contributed by atoms with van der Waals surface area (Å²) in [5.74, 6) is 0.778. The Bertz CT molecular complexity index is 794. The van der Waals surface area contributed by atoms with Crippen molar-refractivity contribution in [3.8, 4) is 5.95 Å². The van der Waals surface area contributed by atoms with Crippen LogP contribution in [0.2, 0.25) is 5.02 Å². The van der Waals surface area contributed by atoms with Gasteiger partial charge in [0.05, 0.1) is 24.7 Å². The van der Waals surface area contributed by atoms with E-state index in [1.54, 1.807) is 24.3 Å². The van der Waals surface area contributed by atoms with Gasteiger partial charge < -0.3 is 19.5 Å². The number of halogens is 1. The number of hydrogen-bond acceptors (Lipinski definition) is 4. The summed E-state index contributed by atoms with van der Waals surface area (Å²) in [7, 11) is 1.47. The minimum absolute atomic E-state index is 0.186. The van der Waals surface area contributed by atoms with E-state index < -0.39 is 0 Å². The molecule has 0 spiro atoms. The number of aromatic nitrogens is 2. The molecule has 0 aliphatic rings. The smallest absolute Gasteiger partial charge is 0.287 e. The van der Waals surface area contributed by atoms with E-state index in [0.717, 1.165) is 11.0 Å². The van der Waals surface area contributed by atoms with Crippen molar-refractivity contribution >= 4 is 28.5 Å². The van der Waals surface area contributed by atoms with Crippen molar-refractivity contribution in [3.05, 3.63) is 46.9 Å². The van der Waals surface area contributed by atoms with Gasteiger partial charge in [0.1, 0.15) is 5.82 Å². The van der Waals surface area contributed by atoms with E-state index in [4.69, 9.17) is 20.8 Å². The van der Waals surface area contributed by atoms with Gasteiger partial charge in [0, 0.05) is 11.1 Å². The van der Waals surface area contributed by atoms with Crippen LogP contribution in [-0.2, 0) is 6.54 Å². The molecule has 1 aromatic carbocycles. The highest BCUT2D eigenvalue weighted by Crippen LogP contribution is 2.17. The fourth-order valence-corrected chi connectivity index (χ4v) is 2.09. The number of H-pyrrole nitrogens is 1. The number of imidazole rings is 1. The molecule has 7 heteroatoms. The van der Waals surface area contributed by atoms with Crippen LogP contribution < -0.4 is 10.1 Å². The molecule has 108 valence electrons. The standard InChI is InChI=1S/C14H12ClN3O3/c1-20-13-5-4-11(21-13)14(19)16-7-12-17-9-3-2-8(15)6-10(9)18-12/h2-6H,7H2,1H3,(H,16,19)(H,17,18). The molecule has 2 N–H and O–H groups in total. The van der Waals surface area contributed by atoms with Gasteiger partial charge in [-0.3, -0.25) is 4.79 Å². The number of carbonyl (C=O) groups is 1. The first-order valence-electron chi connectivity index (χ1n) is 6.22. The minimum Gasteiger partial charge on any atom is -0.468 e. The predicted octanol–water partition coefficient (Wildman–Crippen LogP) is 2.75. The molecule has 0 atom stereocenters. The Labute approximate surface area is 125 Å². The van der Waals surface area contributed by atoms with Crippen molar-refractivity contribution in [2.75, 3.05) is 7.11 Å². The van der Waals surface area contributed by atoms with Gasteiger partial charge in [-0.15, -0.1) is 0 Å². The number of hydrogen-bond donors (Lipinski definition) is 2. The Balaban J connectivity index is 1.69. The first-order chi connectivity index (χ1) is 10.2. The SMILES string of the molecule is COc1ccc(C(=O)NCc2nc3ccc(Cl)cc3[nH]2)o1. The third-order valence-electron chi connectivity index (χ3n) is 2.92. The predicted molar refractivity (Wildman–Crippen MR) is 77.5 cm³/mol. The zero-order valence-electron chi connectivity index (χ0n) is 11.1. The summed E-state index contributed by atoms with van der Waals surface area (Å²) in [4.78, 5) is 19.3. The van der Waals surface area contributed by atoms with Crippen LogP contribution in [0.25, 0.3) is 11.0 Å². The van der Waals surface area contributed by atoms with Gasteiger partial charge in [0.15, 0.2) is 5.76 Å². The average molecular weight is 306 g/mol. The lowest BCUT2D eigenvalue weighted by Gasteiger charge is -2.00. The summed E-state index contributed by atoms with van der Waals surface area (Å²) in [5, 5.41) is 3.34. The number of methoxy groups -OCH3 is 1. The van der Waals surface area contributed by atoms with Gasteiger partial charge in [0.2, 0.25) is 0 Å². The second-order valence-corrected chi connectivity index (χ2v) is 4.79. The molecule has 2 heterocycles. The number of furan rings is 1. The molecule has 0 unspecified atom stereocenters. The summed E-state index contributed by atoms with van der Waals surface area (Å²) in [6.45, 7) is 0.258. The van der Waals surface area contributed by atoms with Crippen molar-refractivity contribution in [2.24, 2.45) is 0 Å². The molecule has 0 saturated carbocycles. The molecule has 21 heavy (non-hydrogen) atoms. The summed E-state index contributed by atoms with van der Waals surface area (Å²) in [6, 6.07) is 8.50. The fraction of sp³-hybridized carbons (Fsp3) is 0.143. The van der Waals surface area contributed by atoms with Crippen molar-refractivity contribution in [3.63, 3.8) is 0 Å². The highest BCUT2D eigenvalue weighted by Gasteiger charge is 2.12. The quantitative estimate of drug-likeness (QED) is 0.776. The number of aromatic amines is 1. The van der Waals surface area contributed by atoms with E-state index in [-0.39, 0.29) is 18.2 Å². The molecule has 1 amide bonds. The van der Waals surface area contributed by atoms with E-state index in [1.807, 2.05) is 6.07 Å². The molecule has 6 nitrogen and oxygen atoms in total. The Morgan fingerprint density at radius 3 is 3.05 bits per heavy atom. The Morgan fingerprint density at radius 2 is 2.29 bits per heavy atom. The maximum atomic E-state index is 11.9. The normalized spacial score (nSPS) is 10.8. The van der Waals surface area contributed by atoms with Gasteiger partial charge in [-0.25, -0.2) is 4.98 Å². The zero-order chi connectivity index (χ0) is 14.8. The lowest BCUT2D eigenvalue weighted by atomic mass is 10.3. The molecule has 3 rings (SSSR count). The fourth-order valence-electron chi connectivity index (χ4n) is 1.92. The third-order valence-corrected chi connectivity index (χ3v) is 3.15. The molecule has 0 bridgehead atoms. The molecular formula is C14H12ClN3O3. The second-order valence-electron chi connectivity index (χ2n) is 4.35. The molecule has 0 fully saturated rings. The number of benzene rings is 1. The maximum Gasteiger partial charge on any atom is 0.287 e. The van der Waals surface area contributed by atoms with Crippen molar-refractivity contribution in [1.29, 1.82) is 0 Å². The van der Waals surface area contributed by atoms with Gasteiger partial charge in [-0.05, 0) is 24.3 Å². The van der Waals surface area contributed by atoms with Gasteiger partial charge in [-0.1, -0.05) is 11.6 Å². The van der Waals surface area contributed by atoms with Crippen molar-refractivity contribution < 1.29 is 13.9 Å². The average Bonchev–Trinajstić information content (AvgIpc) is 3.10. The molecule has 0 saturated heterocycles. The molecule has 2 aromatic heterocycles. The third kappa shape index (κ3) is 2.85. The Hall–Kier alpha value is -2.47. The number of fused-ring (bicyclic) bond motifs is 1. The molecule has 0 aliphatic heterocycles. The number of nitrogens with zero attached hydrogens (tertiary/aromatic N) is 1. The number of amides is 1. The van der Waals surface area contributed by atoms with Crippen LogP contribution in [-0.4, -0.2) is 23.0 Å². The lowest BCUT2D eigenvalue weighted by molar-refractivity contribution is 0.0916. The Morgan fingerprint density at radius 1 is 1.43 bits per heavy atom. The van der Waals surface area contributed by atoms with Gasteiger partial charge >= 0.3 is 0 Å². The van der Waals surface area contributed by atoms with E-state index >= 15 is 0 Å². The topological polar surface area (TPSA) is 80.1 Å². The minimum atomic E-state index is -0.336. The van der Waals surface area contributed by atoms with Crippen molar-refractivity contribution in [1.82, 2.24) is 15.3 Å². The Kier molecular flexibility index (Phi) is 3.53. The first kappa shape index (κ1) is 13.5. The van der Waals surface area contributed by atoms with Crippen LogP contribution in [0.4, 0.5) is 0 Å². The highest BCUT2D eigenvalue weighted by atomic mass is 35.5. The van der Waals surface area contributed by atoms with E-state index in [9.17, 15) is 4.79 Å². The molecule has 0 aliphatic carbocycles. The van der Waals surface area contributed by atoms with Crippen LogP contribution in [0, 0.1) is 0 Å². The number of nitrogens with one attached hydrogen (secondary N) is 2. The maximum absolute atomic E-state index is 11.9. The summed E-state index contributed by atoms with van der Waals surface area (Å²) in [6.07, 6.45) is 0. The van der Waals surface area contributed by atoms with Crippen LogP contribution in [0.15, 0.2) is 34.7 Å². The van der Waals surface area contributed by atoms with Gasteiger partial charge in [0.25, 0.3) is 11.9 Å². The van der Waals surface area contributed by atoms with Crippen LogP contribution in [0.1, 0.15) is 16.4 Å². The van der Waals surface area contributed by atoms with Gasteiger partial charge in [-0.2, -0.15) is 0 Å². The van der Waals surface area contributed by atoms with Crippen molar-refractivity contribution in [2.45, 2.75) is 6.54 Å².